The fourth-order valence-electron chi connectivity index (χ4n) is 3.05. The van der Waals surface area contributed by atoms with Crippen LogP contribution in [0.5, 0.6) is 0 Å². The van der Waals surface area contributed by atoms with Crippen molar-refractivity contribution in [3.63, 3.8) is 0 Å². The highest BCUT2D eigenvalue weighted by molar-refractivity contribution is 6.39. The first-order valence-corrected chi connectivity index (χ1v) is 8.29. The summed E-state index contributed by atoms with van der Waals surface area (Å²) in [7, 11) is 0. The van der Waals surface area contributed by atoms with Crippen LogP contribution in [0.15, 0.2) is 37.0 Å². The van der Waals surface area contributed by atoms with Gasteiger partial charge in [-0.05, 0) is 49.2 Å². The Morgan fingerprint density at radius 2 is 1.96 bits per heavy atom. The van der Waals surface area contributed by atoms with E-state index in [-0.39, 0.29) is 5.02 Å². The Kier molecular flexibility index (Phi) is 4.43. The van der Waals surface area contributed by atoms with Gasteiger partial charge in [-0.3, -0.25) is 4.79 Å². The van der Waals surface area contributed by atoms with Crippen molar-refractivity contribution in [1.29, 1.82) is 5.26 Å². The number of nitriles is 1. The van der Waals surface area contributed by atoms with Crippen molar-refractivity contribution in [1.82, 2.24) is 4.57 Å². The topological polar surface area (TPSA) is 45.8 Å². The number of hydrogen-bond acceptors (Lipinski definition) is 2. The number of hydrogen-bond donors (Lipinski definition) is 0. The third-order valence-corrected chi connectivity index (χ3v) is 4.97. The third-order valence-electron chi connectivity index (χ3n) is 4.25. The highest BCUT2D eigenvalue weighted by atomic mass is 35.5. The summed E-state index contributed by atoms with van der Waals surface area (Å²) >= 11 is 12.7. The molecule has 1 heterocycles. The quantitative estimate of drug-likeness (QED) is 0.551. The molecule has 25 heavy (non-hydrogen) atoms. The van der Waals surface area contributed by atoms with Gasteiger partial charge < -0.3 is 4.57 Å². The molecule has 0 N–H and O–H groups in total. The zero-order valence-corrected chi connectivity index (χ0v) is 15.2. The fraction of sp³-hybridized carbons (Fsp3) is 0.100. The van der Waals surface area contributed by atoms with Gasteiger partial charge in [-0.1, -0.05) is 29.8 Å². The molecular weight excluding hydrogens is 355 g/mol. The molecule has 0 atom stereocenters. The number of aryl methyl sites for hydroxylation is 2. The molecule has 0 aliphatic heterocycles. The van der Waals surface area contributed by atoms with Gasteiger partial charge in [-0.2, -0.15) is 5.26 Å². The molecule has 5 heteroatoms. The first-order valence-electron chi connectivity index (χ1n) is 7.54. The van der Waals surface area contributed by atoms with Crippen LogP contribution in [0.25, 0.3) is 16.6 Å². The second kappa shape index (κ2) is 6.40. The molecular formula is C20H14Cl2N2O. The molecule has 0 radical (unpaired) electrons. The van der Waals surface area contributed by atoms with Gasteiger partial charge >= 0.3 is 0 Å². The van der Waals surface area contributed by atoms with E-state index >= 15 is 0 Å². The predicted molar refractivity (Wildman–Crippen MR) is 102 cm³/mol. The van der Waals surface area contributed by atoms with Gasteiger partial charge in [0.25, 0.3) is 0 Å². The molecule has 0 saturated heterocycles. The van der Waals surface area contributed by atoms with Gasteiger partial charge in [0.2, 0.25) is 0 Å². The largest absolute Gasteiger partial charge is 0.316 e. The number of rotatable bonds is 3. The molecule has 3 aromatic rings. The zero-order valence-electron chi connectivity index (χ0n) is 13.7. The van der Waals surface area contributed by atoms with E-state index in [2.05, 4.69) is 12.6 Å². The van der Waals surface area contributed by atoms with Gasteiger partial charge in [0.1, 0.15) is 0 Å². The van der Waals surface area contributed by atoms with Gasteiger partial charge in [0.05, 0.1) is 27.2 Å². The van der Waals surface area contributed by atoms with Crippen LogP contribution < -0.4 is 0 Å². The Labute approximate surface area is 155 Å². The van der Waals surface area contributed by atoms with Crippen LogP contribution in [0, 0.1) is 25.2 Å². The Hall–Kier alpha value is -2.54. The minimum atomic E-state index is 0.276. The number of carbonyl (C=O) groups excluding carboxylic acids is 1. The molecule has 0 aliphatic rings. The van der Waals surface area contributed by atoms with Crippen LogP contribution in [0.3, 0.4) is 0 Å². The number of carbonyl (C=O) groups is 1. The second-order valence-corrected chi connectivity index (χ2v) is 6.66. The van der Waals surface area contributed by atoms with Crippen LogP contribution in [0.1, 0.15) is 32.6 Å². The molecule has 0 saturated carbocycles. The van der Waals surface area contributed by atoms with Crippen LogP contribution >= 0.6 is 23.2 Å². The van der Waals surface area contributed by atoms with E-state index in [0.717, 1.165) is 22.0 Å². The molecule has 124 valence electrons. The van der Waals surface area contributed by atoms with E-state index in [1.54, 1.807) is 12.1 Å². The monoisotopic (exact) mass is 368 g/mol. The van der Waals surface area contributed by atoms with Crippen molar-refractivity contribution >= 4 is 46.1 Å². The molecule has 3 nitrogen and oxygen atoms in total. The van der Waals surface area contributed by atoms with Crippen molar-refractivity contribution in [2.45, 2.75) is 13.8 Å². The summed E-state index contributed by atoms with van der Waals surface area (Å²) in [6.07, 6.45) is 2.63. The summed E-state index contributed by atoms with van der Waals surface area (Å²) in [5, 5.41) is 10.9. The van der Waals surface area contributed by atoms with Gasteiger partial charge in [0.15, 0.2) is 6.29 Å². The molecule has 0 spiro atoms. The number of benzene rings is 2. The van der Waals surface area contributed by atoms with Gasteiger partial charge in [-0.15, -0.1) is 0 Å². The third kappa shape index (κ3) is 2.74. The Morgan fingerprint density at radius 1 is 1.24 bits per heavy atom. The summed E-state index contributed by atoms with van der Waals surface area (Å²) in [6, 6.07) is 9.08. The molecule has 0 amide bonds. The molecule has 0 aliphatic carbocycles. The molecule has 0 unspecified atom stereocenters. The van der Waals surface area contributed by atoms with E-state index < -0.39 is 0 Å². The number of fused-ring (bicyclic) bond motifs is 1. The lowest BCUT2D eigenvalue weighted by atomic mass is 10.1. The lowest BCUT2D eigenvalue weighted by Gasteiger charge is -2.15. The maximum atomic E-state index is 11.2. The SMILES string of the molecule is C=C(c1c(Cl)ccc(C=O)c1Cl)n1cc(C)c2cc(C#N)cc(C)c21. The lowest BCUT2D eigenvalue weighted by Crippen LogP contribution is -2.01. The smallest absolute Gasteiger partial charge is 0.151 e. The summed E-state index contributed by atoms with van der Waals surface area (Å²) in [5.74, 6) is 0. The molecule has 0 fully saturated rings. The summed E-state index contributed by atoms with van der Waals surface area (Å²) in [5.41, 5.74) is 4.95. The number of aldehydes is 1. The van der Waals surface area contributed by atoms with E-state index in [9.17, 15) is 10.1 Å². The van der Waals surface area contributed by atoms with Gasteiger partial charge in [0, 0.05) is 28.4 Å². The maximum absolute atomic E-state index is 11.2. The van der Waals surface area contributed by atoms with Crippen LogP contribution in [0.4, 0.5) is 0 Å². The minimum Gasteiger partial charge on any atom is -0.316 e. The molecule has 2 aromatic carbocycles. The standard InChI is InChI=1S/C20H14Cl2N2O/c1-11-6-14(8-23)7-16-12(2)9-24(20(11)16)13(3)18-17(21)5-4-15(10-25)19(18)22/h4-7,9-10H,3H2,1-2H3. The van der Waals surface area contributed by atoms with E-state index in [4.69, 9.17) is 23.2 Å². The Balaban J connectivity index is 2.30. The van der Waals surface area contributed by atoms with Crippen LogP contribution in [-0.2, 0) is 0 Å². The molecule has 1 aromatic heterocycles. The Bertz CT molecular complexity index is 1090. The average molecular weight is 369 g/mol. The maximum Gasteiger partial charge on any atom is 0.151 e. The number of aromatic nitrogens is 1. The summed E-state index contributed by atoms with van der Waals surface area (Å²) in [6.45, 7) is 8.06. The number of nitrogens with zero attached hydrogens (tertiary/aromatic N) is 2. The zero-order chi connectivity index (χ0) is 18.3. The van der Waals surface area contributed by atoms with Crippen molar-refractivity contribution in [3.8, 4) is 6.07 Å². The van der Waals surface area contributed by atoms with Crippen molar-refractivity contribution in [3.05, 3.63) is 74.9 Å². The molecule has 3 rings (SSSR count). The van der Waals surface area contributed by atoms with Crippen molar-refractivity contribution in [2.75, 3.05) is 0 Å². The van der Waals surface area contributed by atoms with Crippen LogP contribution in [-0.4, -0.2) is 10.9 Å². The van der Waals surface area contributed by atoms with Crippen LogP contribution in [0.2, 0.25) is 10.0 Å². The minimum absolute atomic E-state index is 0.276. The van der Waals surface area contributed by atoms with Crippen molar-refractivity contribution in [2.24, 2.45) is 0 Å². The van der Waals surface area contributed by atoms with E-state index in [1.807, 2.05) is 36.7 Å². The average Bonchev–Trinajstić information content (AvgIpc) is 2.92. The summed E-state index contributed by atoms with van der Waals surface area (Å²) in [4.78, 5) is 11.2. The van der Waals surface area contributed by atoms with E-state index in [1.165, 1.54) is 0 Å². The predicted octanol–water partition coefficient (Wildman–Crippen LogP) is 5.77. The lowest BCUT2D eigenvalue weighted by molar-refractivity contribution is 0.112. The second-order valence-electron chi connectivity index (χ2n) is 5.87. The van der Waals surface area contributed by atoms with E-state index in [0.29, 0.717) is 33.7 Å². The Morgan fingerprint density at radius 3 is 2.60 bits per heavy atom. The first-order chi connectivity index (χ1) is 11.9. The fourth-order valence-corrected chi connectivity index (χ4v) is 3.68. The van der Waals surface area contributed by atoms with Gasteiger partial charge in [-0.25, -0.2) is 0 Å². The highest BCUT2D eigenvalue weighted by Gasteiger charge is 2.18. The van der Waals surface area contributed by atoms with Crippen molar-refractivity contribution < 1.29 is 4.79 Å². The summed E-state index contributed by atoms with van der Waals surface area (Å²) < 4.78 is 1.91. The molecule has 0 bridgehead atoms. The highest BCUT2D eigenvalue weighted by Crippen LogP contribution is 2.36. The number of halogens is 2. The first kappa shape index (κ1) is 17.3. The normalized spacial score (nSPS) is 10.7.